The van der Waals surface area contributed by atoms with Gasteiger partial charge in [0, 0.05) is 33.4 Å². The van der Waals surface area contributed by atoms with E-state index < -0.39 is 0 Å². The van der Waals surface area contributed by atoms with E-state index in [-0.39, 0.29) is 5.41 Å². The molecule has 0 unspecified atom stereocenters. The fourth-order valence-corrected chi connectivity index (χ4v) is 10.8. The third-order valence-corrected chi connectivity index (χ3v) is 13.4. The van der Waals surface area contributed by atoms with Crippen molar-refractivity contribution in [2.24, 2.45) is 0 Å². The first-order valence-electron chi connectivity index (χ1n) is 21.2. The van der Waals surface area contributed by atoms with E-state index in [1.54, 1.807) is 0 Å². The van der Waals surface area contributed by atoms with E-state index in [4.69, 9.17) is 0 Å². The van der Waals surface area contributed by atoms with E-state index >= 15 is 0 Å². The summed E-state index contributed by atoms with van der Waals surface area (Å²) in [5.41, 5.74) is 19.5. The van der Waals surface area contributed by atoms with Crippen molar-refractivity contribution in [3.05, 3.63) is 253 Å². The molecule has 284 valence electrons. The molecule has 0 N–H and O–H groups in total. The zero-order chi connectivity index (χ0) is 40.1. The average molecular weight is 775 g/mol. The van der Waals surface area contributed by atoms with Crippen molar-refractivity contribution < 1.29 is 0 Å². The van der Waals surface area contributed by atoms with Crippen LogP contribution >= 0.6 is 0 Å². The summed E-state index contributed by atoms with van der Waals surface area (Å²) >= 11 is 0. The van der Waals surface area contributed by atoms with Gasteiger partial charge in [0.1, 0.15) is 0 Å². The number of hydrogen-bond acceptors (Lipinski definition) is 1. The van der Waals surface area contributed by atoms with Crippen molar-refractivity contribution in [3.8, 4) is 39.1 Å². The van der Waals surface area contributed by atoms with E-state index in [2.05, 4.69) is 240 Å². The molecule has 0 saturated carbocycles. The van der Waals surface area contributed by atoms with Crippen molar-refractivity contribution in [2.45, 2.75) is 5.41 Å². The van der Waals surface area contributed by atoms with Crippen LogP contribution in [0.15, 0.2) is 231 Å². The summed E-state index contributed by atoms with van der Waals surface area (Å²) in [5, 5.41) is 5.20. The number of anilines is 3. The van der Waals surface area contributed by atoms with Gasteiger partial charge in [0.15, 0.2) is 0 Å². The van der Waals surface area contributed by atoms with E-state index in [9.17, 15) is 0 Å². The highest BCUT2D eigenvalue weighted by molar-refractivity contribution is 6.11. The number of fused-ring (bicyclic) bond motifs is 10. The Balaban J connectivity index is 0.997. The third-order valence-electron chi connectivity index (χ3n) is 13.4. The Bertz CT molecular complexity index is 3470. The van der Waals surface area contributed by atoms with Crippen molar-refractivity contribution in [3.63, 3.8) is 0 Å². The maximum atomic E-state index is 2.47. The van der Waals surface area contributed by atoms with Gasteiger partial charge in [-0.05, 0) is 122 Å². The zero-order valence-corrected chi connectivity index (χ0v) is 33.3. The first-order chi connectivity index (χ1) is 30.3. The number of hydrogen-bond donors (Lipinski definition) is 0. The molecule has 0 saturated heterocycles. The molecule has 0 aliphatic heterocycles. The van der Waals surface area contributed by atoms with Crippen molar-refractivity contribution in [1.29, 1.82) is 0 Å². The minimum Gasteiger partial charge on any atom is -0.310 e. The molecular formula is C59H38N2. The second-order valence-electron chi connectivity index (χ2n) is 16.4. The highest BCUT2D eigenvalue weighted by Crippen LogP contribution is 2.65. The van der Waals surface area contributed by atoms with E-state index in [0.717, 1.165) is 17.1 Å². The standard InChI is InChI=1S/C59H38N2/c1-3-14-39(15-4-1)41-28-31-44(32-29-41)60(56-27-13-25-53-58(56)48-21-7-9-22-50(48)59(53)51-23-11-18-42-19-12-24-52(59)57(42)51)45-33-35-46(36-34-45)61-54-26-10-8-20-47(54)49-38-43(30-37-55(49)61)40-16-5-2-6-17-40/h1-38H. The number of para-hydroxylation sites is 1. The van der Waals surface area contributed by atoms with Crippen LogP contribution in [-0.2, 0) is 5.41 Å². The Morgan fingerprint density at radius 3 is 1.64 bits per heavy atom. The first kappa shape index (κ1) is 34.0. The molecule has 1 spiro atoms. The van der Waals surface area contributed by atoms with Gasteiger partial charge in [0.05, 0.1) is 22.1 Å². The summed E-state index contributed by atoms with van der Waals surface area (Å²) in [6.07, 6.45) is 0. The van der Waals surface area contributed by atoms with Crippen molar-refractivity contribution in [1.82, 2.24) is 4.57 Å². The van der Waals surface area contributed by atoms with E-state index in [0.29, 0.717) is 0 Å². The summed E-state index contributed by atoms with van der Waals surface area (Å²) in [6, 6.07) is 85.0. The monoisotopic (exact) mass is 774 g/mol. The molecule has 11 aromatic rings. The van der Waals surface area contributed by atoms with Crippen LogP contribution < -0.4 is 4.90 Å². The van der Waals surface area contributed by atoms with Crippen molar-refractivity contribution >= 4 is 49.6 Å². The van der Waals surface area contributed by atoms with Crippen LogP contribution in [0.5, 0.6) is 0 Å². The molecular weight excluding hydrogens is 737 g/mol. The molecule has 0 radical (unpaired) electrons. The number of benzene rings is 10. The van der Waals surface area contributed by atoms with Gasteiger partial charge in [-0.25, -0.2) is 0 Å². The van der Waals surface area contributed by atoms with Crippen LogP contribution in [0.3, 0.4) is 0 Å². The normalized spacial score (nSPS) is 13.0. The SMILES string of the molecule is c1ccc(-c2ccc(N(c3ccc(-n4c5ccccc5c5cc(-c6ccccc6)ccc54)cc3)c3cccc4c3-c3ccccc3C43c4cccc5cccc3c45)cc2)cc1. The van der Waals surface area contributed by atoms with Gasteiger partial charge in [0.2, 0.25) is 0 Å². The lowest BCUT2D eigenvalue weighted by Gasteiger charge is -2.43. The van der Waals surface area contributed by atoms with Gasteiger partial charge < -0.3 is 9.47 Å². The van der Waals surface area contributed by atoms with Gasteiger partial charge in [-0.2, -0.15) is 0 Å². The summed E-state index contributed by atoms with van der Waals surface area (Å²) in [5.74, 6) is 0. The molecule has 2 aliphatic rings. The lowest BCUT2D eigenvalue weighted by Crippen LogP contribution is -2.36. The quantitative estimate of drug-likeness (QED) is 0.163. The van der Waals surface area contributed by atoms with Gasteiger partial charge >= 0.3 is 0 Å². The topological polar surface area (TPSA) is 8.17 Å². The summed E-state index contributed by atoms with van der Waals surface area (Å²) in [6.45, 7) is 0. The average Bonchev–Trinajstić information content (AvgIpc) is 3.84. The predicted molar refractivity (Wildman–Crippen MR) is 255 cm³/mol. The molecule has 0 amide bonds. The van der Waals surface area contributed by atoms with Crippen LogP contribution in [-0.4, -0.2) is 4.57 Å². The number of aromatic nitrogens is 1. The van der Waals surface area contributed by atoms with Gasteiger partial charge in [-0.1, -0.05) is 170 Å². The molecule has 61 heavy (non-hydrogen) atoms. The number of rotatable bonds is 6. The van der Waals surface area contributed by atoms with Gasteiger partial charge in [-0.15, -0.1) is 0 Å². The molecule has 10 aromatic carbocycles. The number of nitrogens with zero attached hydrogens (tertiary/aromatic N) is 2. The Morgan fingerprint density at radius 1 is 0.361 bits per heavy atom. The Labute approximate surface area is 354 Å². The molecule has 2 nitrogen and oxygen atoms in total. The highest BCUT2D eigenvalue weighted by atomic mass is 15.1. The predicted octanol–water partition coefficient (Wildman–Crippen LogP) is 15.4. The second-order valence-corrected chi connectivity index (χ2v) is 16.4. The Kier molecular flexibility index (Phi) is 7.26. The molecule has 0 fully saturated rings. The molecule has 2 aliphatic carbocycles. The molecule has 0 bridgehead atoms. The lowest BCUT2D eigenvalue weighted by atomic mass is 9.58. The third kappa shape index (κ3) is 4.79. The Hall–Kier alpha value is -7.94. The van der Waals surface area contributed by atoms with E-state index in [1.165, 1.54) is 93.9 Å². The van der Waals surface area contributed by atoms with Crippen LogP contribution in [0, 0.1) is 0 Å². The maximum Gasteiger partial charge on any atom is 0.0726 e. The maximum absolute atomic E-state index is 2.47. The van der Waals surface area contributed by atoms with Crippen LogP contribution in [0.1, 0.15) is 22.3 Å². The summed E-state index contributed by atoms with van der Waals surface area (Å²) in [7, 11) is 0. The minimum atomic E-state index is -0.318. The van der Waals surface area contributed by atoms with Crippen molar-refractivity contribution in [2.75, 3.05) is 4.90 Å². The molecule has 1 aromatic heterocycles. The minimum absolute atomic E-state index is 0.318. The van der Waals surface area contributed by atoms with Gasteiger partial charge in [-0.3, -0.25) is 0 Å². The van der Waals surface area contributed by atoms with E-state index in [1.807, 2.05) is 0 Å². The van der Waals surface area contributed by atoms with Crippen LogP contribution in [0.4, 0.5) is 17.1 Å². The second kappa shape index (κ2) is 13.0. The van der Waals surface area contributed by atoms with Crippen LogP contribution in [0.25, 0.3) is 71.6 Å². The Morgan fingerprint density at radius 2 is 0.902 bits per heavy atom. The molecule has 13 rings (SSSR count). The fourth-order valence-electron chi connectivity index (χ4n) is 10.8. The highest BCUT2D eigenvalue weighted by Gasteiger charge is 2.53. The summed E-state index contributed by atoms with van der Waals surface area (Å²) < 4.78 is 2.41. The molecule has 2 heteroatoms. The van der Waals surface area contributed by atoms with Gasteiger partial charge in [0.25, 0.3) is 0 Å². The zero-order valence-electron chi connectivity index (χ0n) is 33.3. The fraction of sp³-hybridized carbons (Fsp3) is 0.0169. The summed E-state index contributed by atoms with van der Waals surface area (Å²) in [4.78, 5) is 2.47. The largest absolute Gasteiger partial charge is 0.310 e. The lowest BCUT2D eigenvalue weighted by molar-refractivity contribution is 0.745. The molecule has 1 heterocycles. The van der Waals surface area contributed by atoms with Crippen LogP contribution in [0.2, 0.25) is 0 Å². The molecule has 0 atom stereocenters. The smallest absolute Gasteiger partial charge is 0.0726 e. The first-order valence-corrected chi connectivity index (χ1v) is 21.2.